The van der Waals surface area contributed by atoms with E-state index in [4.69, 9.17) is 0 Å². The molecular weight excluding hydrogens is 350 g/mol. The van der Waals surface area contributed by atoms with Crippen LogP contribution in [0.25, 0.3) is 33.3 Å². The van der Waals surface area contributed by atoms with Crippen LogP contribution >= 0.6 is 0 Å². The summed E-state index contributed by atoms with van der Waals surface area (Å²) in [5.74, 6) is 5.68. The van der Waals surface area contributed by atoms with Gasteiger partial charge in [-0.25, -0.2) is 15.0 Å². The standard InChI is InChI=1S/C22H23N5O/c1-21(2,3)27-13-25-17-7-6-14(10-18(17)27)16-12-24-20-19(16)26-15(11-23-20)8-9-22(4,5)28/h6-7,10-13,28H,1-5H3,(H,23,24). The molecule has 0 bridgehead atoms. The van der Waals surface area contributed by atoms with Crippen LogP contribution in [0.15, 0.2) is 36.9 Å². The van der Waals surface area contributed by atoms with Gasteiger partial charge in [0.2, 0.25) is 0 Å². The van der Waals surface area contributed by atoms with Gasteiger partial charge in [-0.1, -0.05) is 12.0 Å². The summed E-state index contributed by atoms with van der Waals surface area (Å²) in [5.41, 5.74) is 4.87. The fraction of sp³-hybridized carbons (Fsp3) is 0.318. The highest BCUT2D eigenvalue weighted by molar-refractivity contribution is 5.93. The van der Waals surface area contributed by atoms with E-state index < -0.39 is 5.60 Å². The molecule has 3 aromatic heterocycles. The Morgan fingerprint density at radius 3 is 2.61 bits per heavy atom. The molecule has 0 atom stereocenters. The van der Waals surface area contributed by atoms with Crippen molar-refractivity contribution < 1.29 is 5.11 Å². The Morgan fingerprint density at radius 2 is 1.89 bits per heavy atom. The van der Waals surface area contributed by atoms with E-state index in [1.54, 1.807) is 20.0 Å². The van der Waals surface area contributed by atoms with Crippen molar-refractivity contribution in [1.82, 2.24) is 24.5 Å². The zero-order valence-corrected chi connectivity index (χ0v) is 16.7. The van der Waals surface area contributed by atoms with E-state index in [9.17, 15) is 5.11 Å². The normalized spacial score (nSPS) is 12.4. The second-order valence-corrected chi connectivity index (χ2v) is 8.45. The minimum Gasteiger partial charge on any atom is -0.378 e. The average molecular weight is 373 g/mol. The summed E-state index contributed by atoms with van der Waals surface area (Å²) in [6.45, 7) is 9.76. The molecular formula is C22H23N5O. The van der Waals surface area contributed by atoms with E-state index in [1.165, 1.54) is 0 Å². The SMILES string of the molecule is CC(C)(O)C#Cc1cnc2[nH]cc(-c3ccc4ncn(C(C)(C)C)c4c3)c2n1. The summed E-state index contributed by atoms with van der Waals surface area (Å²) >= 11 is 0. The van der Waals surface area contributed by atoms with Crippen LogP contribution in [0.1, 0.15) is 40.3 Å². The van der Waals surface area contributed by atoms with Gasteiger partial charge in [-0.15, -0.1) is 0 Å². The van der Waals surface area contributed by atoms with Crippen molar-refractivity contribution >= 4 is 22.2 Å². The fourth-order valence-corrected chi connectivity index (χ4v) is 3.10. The molecule has 0 radical (unpaired) electrons. The van der Waals surface area contributed by atoms with Crippen LogP contribution in [-0.2, 0) is 5.54 Å². The van der Waals surface area contributed by atoms with Crippen molar-refractivity contribution in [3.8, 4) is 23.0 Å². The zero-order chi connectivity index (χ0) is 20.1. The van der Waals surface area contributed by atoms with Crippen molar-refractivity contribution in [3.63, 3.8) is 0 Å². The number of hydrogen-bond donors (Lipinski definition) is 2. The van der Waals surface area contributed by atoms with Crippen molar-refractivity contribution in [3.05, 3.63) is 42.6 Å². The van der Waals surface area contributed by atoms with Gasteiger partial charge in [0, 0.05) is 17.3 Å². The maximum absolute atomic E-state index is 9.82. The smallest absolute Gasteiger partial charge is 0.156 e. The van der Waals surface area contributed by atoms with Crippen LogP contribution in [0.2, 0.25) is 0 Å². The van der Waals surface area contributed by atoms with Crippen LogP contribution < -0.4 is 0 Å². The molecule has 0 fully saturated rings. The van der Waals surface area contributed by atoms with Gasteiger partial charge in [-0.3, -0.25) is 0 Å². The topological polar surface area (TPSA) is 79.6 Å². The molecule has 0 aliphatic carbocycles. The highest BCUT2D eigenvalue weighted by Crippen LogP contribution is 2.30. The van der Waals surface area contributed by atoms with Gasteiger partial charge >= 0.3 is 0 Å². The summed E-state index contributed by atoms with van der Waals surface area (Å²) in [6, 6.07) is 6.20. The van der Waals surface area contributed by atoms with Crippen LogP contribution in [0.4, 0.5) is 0 Å². The van der Waals surface area contributed by atoms with E-state index >= 15 is 0 Å². The number of nitrogens with zero attached hydrogens (tertiary/aromatic N) is 4. The largest absolute Gasteiger partial charge is 0.378 e. The third-order valence-electron chi connectivity index (χ3n) is 4.46. The van der Waals surface area contributed by atoms with Crippen molar-refractivity contribution in [2.75, 3.05) is 0 Å². The Morgan fingerprint density at radius 1 is 1.11 bits per heavy atom. The number of aromatic amines is 1. The number of aliphatic hydroxyl groups is 1. The van der Waals surface area contributed by atoms with Crippen LogP contribution in [0.5, 0.6) is 0 Å². The van der Waals surface area contributed by atoms with Crippen LogP contribution in [0, 0.1) is 11.8 Å². The molecule has 0 amide bonds. The number of hydrogen-bond acceptors (Lipinski definition) is 4. The minimum atomic E-state index is -1.08. The first-order valence-corrected chi connectivity index (χ1v) is 9.19. The predicted molar refractivity (Wildman–Crippen MR) is 111 cm³/mol. The van der Waals surface area contributed by atoms with Gasteiger partial charge in [0.25, 0.3) is 0 Å². The minimum absolute atomic E-state index is 0.0623. The number of H-pyrrole nitrogens is 1. The molecule has 2 N–H and O–H groups in total. The molecule has 0 saturated heterocycles. The average Bonchev–Trinajstić information content (AvgIpc) is 3.22. The summed E-state index contributed by atoms with van der Waals surface area (Å²) in [6.07, 6.45) is 5.41. The molecule has 3 heterocycles. The lowest BCUT2D eigenvalue weighted by Crippen LogP contribution is -2.20. The highest BCUT2D eigenvalue weighted by atomic mass is 16.3. The fourth-order valence-electron chi connectivity index (χ4n) is 3.10. The van der Waals surface area contributed by atoms with E-state index in [0.717, 1.165) is 27.7 Å². The summed E-state index contributed by atoms with van der Waals surface area (Å²) in [5, 5.41) is 9.82. The van der Waals surface area contributed by atoms with Gasteiger partial charge in [0.15, 0.2) is 5.65 Å². The van der Waals surface area contributed by atoms with E-state index in [1.807, 2.05) is 24.7 Å². The van der Waals surface area contributed by atoms with Crippen molar-refractivity contribution in [2.24, 2.45) is 0 Å². The number of benzene rings is 1. The highest BCUT2D eigenvalue weighted by Gasteiger charge is 2.17. The summed E-state index contributed by atoms with van der Waals surface area (Å²) in [4.78, 5) is 16.8. The molecule has 4 rings (SSSR count). The third-order valence-corrected chi connectivity index (χ3v) is 4.46. The number of aromatic nitrogens is 5. The Kier molecular flexibility index (Phi) is 4.02. The van der Waals surface area contributed by atoms with Gasteiger partial charge < -0.3 is 14.7 Å². The quantitative estimate of drug-likeness (QED) is 0.497. The first-order chi connectivity index (χ1) is 13.1. The predicted octanol–water partition coefficient (Wildman–Crippen LogP) is 3.85. The van der Waals surface area contributed by atoms with Gasteiger partial charge in [-0.05, 0) is 58.2 Å². The molecule has 4 aromatic rings. The zero-order valence-electron chi connectivity index (χ0n) is 16.7. The number of fused-ring (bicyclic) bond motifs is 2. The molecule has 0 spiro atoms. The second kappa shape index (κ2) is 6.18. The summed E-state index contributed by atoms with van der Waals surface area (Å²) < 4.78 is 2.17. The molecule has 1 aromatic carbocycles. The Hall–Kier alpha value is -3.17. The van der Waals surface area contributed by atoms with Crippen LogP contribution in [-0.4, -0.2) is 35.2 Å². The molecule has 28 heavy (non-hydrogen) atoms. The third kappa shape index (κ3) is 3.37. The Labute approximate surface area is 163 Å². The lowest BCUT2D eigenvalue weighted by atomic mass is 10.1. The monoisotopic (exact) mass is 373 g/mol. The molecule has 6 nitrogen and oxygen atoms in total. The second-order valence-electron chi connectivity index (χ2n) is 8.45. The van der Waals surface area contributed by atoms with E-state index in [2.05, 4.69) is 63.2 Å². The van der Waals surface area contributed by atoms with E-state index in [0.29, 0.717) is 11.3 Å². The van der Waals surface area contributed by atoms with E-state index in [-0.39, 0.29) is 5.54 Å². The number of rotatable bonds is 1. The Balaban J connectivity index is 1.85. The molecule has 0 aliphatic rings. The van der Waals surface area contributed by atoms with Gasteiger partial charge in [-0.2, -0.15) is 0 Å². The molecule has 142 valence electrons. The first kappa shape index (κ1) is 18.2. The molecule has 6 heteroatoms. The Bertz CT molecular complexity index is 1240. The first-order valence-electron chi connectivity index (χ1n) is 9.19. The maximum Gasteiger partial charge on any atom is 0.156 e. The van der Waals surface area contributed by atoms with Gasteiger partial charge in [0.1, 0.15) is 16.8 Å². The molecule has 0 saturated carbocycles. The summed E-state index contributed by atoms with van der Waals surface area (Å²) in [7, 11) is 0. The van der Waals surface area contributed by atoms with Gasteiger partial charge in [0.05, 0.1) is 23.6 Å². The van der Waals surface area contributed by atoms with Crippen molar-refractivity contribution in [2.45, 2.75) is 45.8 Å². The van der Waals surface area contributed by atoms with Crippen molar-refractivity contribution in [1.29, 1.82) is 0 Å². The number of nitrogens with one attached hydrogen (secondary N) is 1. The molecule has 0 aliphatic heterocycles. The number of imidazole rings is 1. The maximum atomic E-state index is 9.82. The van der Waals surface area contributed by atoms with Crippen LogP contribution in [0.3, 0.4) is 0 Å². The lowest BCUT2D eigenvalue weighted by Gasteiger charge is -2.21. The lowest BCUT2D eigenvalue weighted by molar-refractivity contribution is 0.143. The molecule has 0 unspecified atom stereocenters.